The molecule has 0 fully saturated rings. The second-order valence-corrected chi connectivity index (χ2v) is 6.75. The van der Waals surface area contributed by atoms with Gasteiger partial charge in [0.2, 0.25) is 5.95 Å². The fourth-order valence-electron chi connectivity index (χ4n) is 2.71. The van der Waals surface area contributed by atoms with Gasteiger partial charge in [-0.3, -0.25) is 0 Å². The fraction of sp³-hybridized carbons (Fsp3) is 0.238. The summed E-state index contributed by atoms with van der Waals surface area (Å²) in [4.78, 5) is 10.8. The van der Waals surface area contributed by atoms with Crippen LogP contribution in [0, 0.1) is 17.5 Å². The lowest BCUT2D eigenvalue weighted by atomic mass is 10.1. The number of aromatic nitrogens is 2. The lowest BCUT2D eigenvalue weighted by Gasteiger charge is -2.13. The van der Waals surface area contributed by atoms with Crippen LogP contribution in [-0.4, -0.2) is 42.1 Å². The Morgan fingerprint density at radius 3 is 2.38 bits per heavy atom. The van der Waals surface area contributed by atoms with Crippen LogP contribution in [0.25, 0.3) is 11.3 Å². The molecule has 152 valence electrons. The minimum Gasteiger partial charge on any atom is -0.354 e. The first kappa shape index (κ1) is 20.6. The van der Waals surface area contributed by atoms with Gasteiger partial charge >= 0.3 is 0 Å². The average molecular weight is 401 g/mol. The minimum atomic E-state index is -1.30. The van der Waals surface area contributed by atoms with E-state index in [0.29, 0.717) is 18.2 Å². The number of hydrogen-bond donors (Lipinski definition) is 2. The zero-order valence-corrected chi connectivity index (χ0v) is 16.2. The summed E-state index contributed by atoms with van der Waals surface area (Å²) in [5.74, 6) is -2.90. The van der Waals surface area contributed by atoms with Gasteiger partial charge in [0.25, 0.3) is 0 Å². The molecule has 1 aromatic heterocycles. The molecule has 0 radical (unpaired) electrons. The van der Waals surface area contributed by atoms with Gasteiger partial charge in [0.1, 0.15) is 17.3 Å². The van der Waals surface area contributed by atoms with Gasteiger partial charge in [-0.1, -0.05) is 30.3 Å². The van der Waals surface area contributed by atoms with Crippen molar-refractivity contribution in [3.8, 4) is 11.3 Å². The maximum Gasteiger partial charge on any atom is 0.225 e. The second kappa shape index (κ2) is 9.38. The first-order valence-corrected chi connectivity index (χ1v) is 9.17. The second-order valence-electron chi connectivity index (χ2n) is 6.75. The minimum absolute atomic E-state index is 0.150. The Kier molecular flexibility index (Phi) is 6.66. The van der Waals surface area contributed by atoms with Crippen LogP contribution >= 0.6 is 0 Å². The van der Waals surface area contributed by atoms with Gasteiger partial charge in [-0.2, -0.15) is 4.98 Å². The van der Waals surface area contributed by atoms with Crippen LogP contribution in [0.4, 0.5) is 30.6 Å². The predicted molar refractivity (Wildman–Crippen MR) is 109 cm³/mol. The summed E-state index contributed by atoms with van der Waals surface area (Å²) in [5.41, 5.74) is 0.783. The molecule has 5 nitrogen and oxygen atoms in total. The van der Waals surface area contributed by atoms with E-state index < -0.39 is 23.1 Å². The Morgan fingerprint density at radius 2 is 1.66 bits per heavy atom. The van der Waals surface area contributed by atoms with Crippen LogP contribution in [0.3, 0.4) is 0 Å². The molecule has 0 aliphatic rings. The molecule has 0 amide bonds. The Balaban J connectivity index is 1.91. The summed E-state index contributed by atoms with van der Waals surface area (Å²) in [6.45, 7) is 1.51. The summed E-state index contributed by atoms with van der Waals surface area (Å²) in [5, 5.41) is 5.68. The average Bonchev–Trinajstić information content (AvgIpc) is 2.72. The number of nitrogens with zero attached hydrogens (tertiary/aromatic N) is 3. The largest absolute Gasteiger partial charge is 0.354 e. The third kappa shape index (κ3) is 5.45. The van der Waals surface area contributed by atoms with E-state index in [4.69, 9.17) is 0 Å². The lowest BCUT2D eigenvalue weighted by molar-refractivity contribution is 0.405. The monoisotopic (exact) mass is 401 g/mol. The summed E-state index contributed by atoms with van der Waals surface area (Å²) in [7, 11) is 3.97. The van der Waals surface area contributed by atoms with Gasteiger partial charge in [0.05, 0.1) is 5.69 Å². The number of nitrogens with one attached hydrogen (secondary N) is 2. The highest BCUT2D eigenvalue weighted by Crippen LogP contribution is 2.27. The van der Waals surface area contributed by atoms with Crippen LogP contribution in [0.5, 0.6) is 0 Å². The molecule has 2 N–H and O–H groups in total. The first-order chi connectivity index (χ1) is 13.9. The van der Waals surface area contributed by atoms with E-state index in [-0.39, 0.29) is 5.82 Å². The molecule has 3 aromatic rings. The first-order valence-electron chi connectivity index (χ1n) is 9.17. The van der Waals surface area contributed by atoms with Crippen molar-refractivity contribution in [3.63, 3.8) is 0 Å². The Morgan fingerprint density at radius 1 is 0.931 bits per heavy atom. The van der Waals surface area contributed by atoms with Crippen molar-refractivity contribution in [2.45, 2.75) is 6.42 Å². The maximum absolute atomic E-state index is 14.1. The van der Waals surface area contributed by atoms with E-state index in [1.54, 1.807) is 6.07 Å². The molecule has 3 rings (SSSR count). The third-order valence-electron chi connectivity index (χ3n) is 4.16. The molecule has 0 bridgehead atoms. The van der Waals surface area contributed by atoms with Gasteiger partial charge in [-0.25, -0.2) is 18.2 Å². The van der Waals surface area contributed by atoms with E-state index in [0.717, 1.165) is 30.7 Å². The van der Waals surface area contributed by atoms with Crippen molar-refractivity contribution in [1.82, 2.24) is 14.9 Å². The van der Waals surface area contributed by atoms with E-state index in [1.807, 2.05) is 44.4 Å². The highest BCUT2D eigenvalue weighted by Gasteiger charge is 2.16. The summed E-state index contributed by atoms with van der Waals surface area (Å²) in [6.07, 6.45) is 0.863. The SMILES string of the molecule is CN(C)CCCNc1nc(Nc2c(F)ccc(F)c2F)cc(-c2ccccc2)n1. The molecule has 1 heterocycles. The molecule has 0 saturated heterocycles. The van der Waals surface area contributed by atoms with Gasteiger partial charge in [0, 0.05) is 18.2 Å². The zero-order valence-electron chi connectivity index (χ0n) is 16.2. The van der Waals surface area contributed by atoms with E-state index in [9.17, 15) is 13.2 Å². The van der Waals surface area contributed by atoms with Crippen molar-refractivity contribution < 1.29 is 13.2 Å². The fourth-order valence-corrected chi connectivity index (χ4v) is 2.71. The molecule has 29 heavy (non-hydrogen) atoms. The van der Waals surface area contributed by atoms with Crippen molar-refractivity contribution in [2.24, 2.45) is 0 Å². The highest BCUT2D eigenvalue weighted by molar-refractivity contribution is 5.67. The van der Waals surface area contributed by atoms with Gasteiger partial charge in [-0.15, -0.1) is 0 Å². The van der Waals surface area contributed by atoms with E-state index in [2.05, 4.69) is 25.5 Å². The molecule has 2 aromatic carbocycles. The molecule has 0 aliphatic heterocycles. The summed E-state index contributed by atoms with van der Waals surface area (Å²) >= 11 is 0. The Hall–Kier alpha value is -3.13. The summed E-state index contributed by atoms with van der Waals surface area (Å²) < 4.78 is 41.6. The quantitative estimate of drug-likeness (QED) is 0.424. The van der Waals surface area contributed by atoms with Crippen molar-refractivity contribution in [1.29, 1.82) is 0 Å². The topological polar surface area (TPSA) is 53.1 Å². The van der Waals surface area contributed by atoms with Crippen LogP contribution in [0.2, 0.25) is 0 Å². The molecule has 8 heteroatoms. The van der Waals surface area contributed by atoms with Gasteiger partial charge < -0.3 is 15.5 Å². The third-order valence-corrected chi connectivity index (χ3v) is 4.16. The van der Waals surface area contributed by atoms with Crippen LogP contribution in [-0.2, 0) is 0 Å². The van der Waals surface area contributed by atoms with Crippen LogP contribution in [0.1, 0.15) is 6.42 Å². The van der Waals surface area contributed by atoms with Crippen molar-refractivity contribution in [2.75, 3.05) is 37.8 Å². The molecule has 0 atom stereocenters. The Labute approximate surface area is 167 Å². The molecule has 0 saturated carbocycles. The molecule has 0 unspecified atom stereocenters. The zero-order chi connectivity index (χ0) is 20.8. The number of anilines is 3. The van der Waals surface area contributed by atoms with Gasteiger partial charge in [0.15, 0.2) is 11.6 Å². The molecule has 0 aliphatic carbocycles. The van der Waals surface area contributed by atoms with E-state index in [1.165, 1.54) is 0 Å². The smallest absolute Gasteiger partial charge is 0.225 e. The van der Waals surface area contributed by atoms with Crippen molar-refractivity contribution in [3.05, 3.63) is 66.0 Å². The van der Waals surface area contributed by atoms with Crippen LogP contribution < -0.4 is 10.6 Å². The van der Waals surface area contributed by atoms with Gasteiger partial charge in [-0.05, 0) is 39.2 Å². The van der Waals surface area contributed by atoms with Crippen LogP contribution in [0.15, 0.2) is 48.5 Å². The number of benzene rings is 2. The standard InChI is InChI=1S/C21H22F3N5/c1-29(2)12-6-11-25-21-26-17(14-7-4-3-5-8-14)13-18(28-21)27-20-16(23)10-9-15(22)19(20)24/h3-5,7-10,13H,6,11-12H2,1-2H3,(H2,25,26,27,28). The molecular weight excluding hydrogens is 379 g/mol. The van der Waals surface area contributed by atoms with Crippen molar-refractivity contribution >= 4 is 17.5 Å². The number of halogens is 3. The number of hydrogen-bond acceptors (Lipinski definition) is 5. The normalized spacial score (nSPS) is 11.0. The summed E-state index contributed by atoms with van der Waals surface area (Å²) in [6, 6.07) is 12.5. The molecule has 0 spiro atoms. The molecular formula is C21H22F3N5. The van der Waals surface area contributed by atoms with E-state index >= 15 is 0 Å². The number of rotatable bonds is 8. The predicted octanol–water partition coefficient (Wildman–Crippen LogP) is 4.67. The maximum atomic E-state index is 14.1. The lowest BCUT2D eigenvalue weighted by Crippen LogP contribution is -2.17. The highest BCUT2D eigenvalue weighted by atomic mass is 19.2. The Bertz CT molecular complexity index is 964.